The number of thiazole rings is 1. The van der Waals surface area contributed by atoms with Gasteiger partial charge in [-0.1, -0.05) is 11.6 Å². The topological polar surface area (TPSA) is 84.3 Å². The molecule has 11 heteroatoms. The van der Waals surface area contributed by atoms with Crippen molar-refractivity contribution < 1.29 is 17.6 Å². The van der Waals surface area contributed by atoms with Gasteiger partial charge < -0.3 is 9.47 Å². The van der Waals surface area contributed by atoms with Crippen molar-refractivity contribution in [2.75, 3.05) is 17.8 Å². The molecule has 0 atom stereocenters. The number of amides is 1. The molecule has 0 aliphatic carbocycles. The Kier molecular flexibility index (Phi) is 6.28. The second kappa shape index (κ2) is 8.84. The minimum Gasteiger partial charge on any atom is -0.347 e. The lowest BCUT2D eigenvalue weighted by Crippen LogP contribution is -2.35. The lowest BCUT2D eigenvalue weighted by atomic mass is 10.1. The van der Waals surface area contributed by atoms with Crippen molar-refractivity contribution in [1.82, 2.24) is 14.5 Å². The molecule has 1 aliphatic heterocycles. The van der Waals surface area contributed by atoms with E-state index in [1.54, 1.807) is 18.5 Å². The van der Waals surface area contributed by atoms with Crippen LogP contribution in [0.1, 0.15) is 34.6 Å². The SMILES string of the molecule is Cc1nc(-c2cc(S(=O)(=O)Nc3ccc(Cl)cc3F)cn2C)sc1C(=O)N1CCCCC1. The van der Waals surface area contributed by atoms with Crippen LogP contribution in [0.4, 0.5) is 10.1 Å². The predicted molar refractivity (Wildman–Crippen MR) is 123 cm³/mol. The van der Waals surface area contributed by atoms with Gasteiger partial charge in [0.25, 0.3) is 15.9 Å². The van der Waals surface area contributed by atoms with Crippen molar-refractivity contribution in [3.63, 3.8) is 0 Å². The van der Waals surface area contributed by atoms with Crippen molar-refractivity contribution in [2.24, 2.45) is 7.05 Å². The smallest absolute Gasteiger partial charge is 0.265 e. The molecule has 170 valence electrons. The quantitative estimate of drug-likeness (QED) is 0.556. The monoisotopic (exact) mass is 496 g/mol. The molecule has 0 radical (unpaired) electrons. The van der Waals surface area contributed by atoms with E-state index < -0.39 is 15.8 Å². The number of hydrogen-bond acceptors (Lipinski definition) is 5. The Morgan fingerprint density at radius 2 is 1.94 bits per heavy atom. The Balaban J connectivity index is 1.61. The third-order valence-electron chi connectivity index (χ3n) is 5.32. The fourth-order valence-corrected chi connectivity index (χ4v) is 6.00. The summed E-state index contributed by atoms with van der Waals surface area (Å²) in [6.45, 7) is 3.26. The molecule has 4 rings (SSSR count). The summed E-state index contributed by atoms with van der Waals surface area (Å²) in [5.74, 6) is -0.804. The lowest BCUT2D eigenvalue weighted by Gasteiger charge is -2.26. The van der Waals surface area contributed by atoms with Crippen molar-refractivity contribution in [1.29, 1.82) is 0 Å². The number of nitrogens with one attached hydrogen (secondary N) is 1. The molecule has 1 N–H and O–H groups in total. The number of carbonyl (C=O) groups is 1. The molecular formula is C21H22ClFN4O3S2. The summed E-state index contributed by atoms with van der Waals surface area (Å²) in [5, 5.41) is 0.714. The van der Waals surface area contributed by atoms with Gasteiger partial charge in [0.15, 0.2) is 0 Å². The summed E-state index contributed by atoms with van der Waals surface area (Å²) in [5.41, 5.74) is 0.972. The van der Waals surface area contributed by atoms with Crippen molar-refractivity contribution in [3.8, 4) is 10.7 Å². The number of aromatic nitrogens is 2. The molecule has 3 heterocycles. The molecule has 7 nitrogen and oxygen atoms in total. The largest absolute Gasteiger partial charge is 0.347 e. The van der Waals surface area contributed by atoms with Crippen LogP contribution >= 0.6 is 22.9 Å². The van der Waals surface area contributed by atoms with E-state index in [4.69, 9.17) is 11.6 Å². The highest BCUT2D eigenvalue weighted by Gasteiger charge is 2.25. The number of likely N-dealkylation sites (tertiary alicyclic amines) is 1. The Hall–Kier alpha value is -2.43. The number of benzene rings is 1. The summed E-state index contributed by atoms with van der Waals surface area (Å²) in [4.78, 5) is 19.8. The van der Waals surface area contributed by atoms with Gasteiger partial charge in [-0.25, -0.2) is 17.8 Å². The summed E-state index contributed by atoms with van der Waals surface area (Å²) >= 11 is 6.98. The normalized spacial score (nSPS) is 14.6. The molecule has 2 aromatic heterocycles. The molecule has 0 spiro atoms. The van der Waals surface area contributed by atoms with Crippen LogP contribution in [0.15, 0.2) is 35.4 Å². The number of carbonyl (C=O) groups excluding carboxylic acids is 1. The maximum Gasteiger partial charge on any atom is 0.265 e. The van der Waals surface area contributed by atoms with Crippen molar-refractivity contribution in [2.45, 2.75) is 31.1 Å². The second-order valence-electron chi connectivity index (χ2n) is 7.69. The maximum absolute atomic E-state index is 14.1. The molecule has 0 saturated carbocycles. The first-order chi connectivity index (χ1) is 15.2. The van der Waals surface area contributed by atoms with Crippen molar-refractivity contribution >= 4 is 44.6 Å². The molecule has 1 amide bonds. The minimum atomic E-state index is -4.05. The first kappa shape index (κ1) is 22.8. The van der Waals surface area contributed by atoms with Crippen LogP contribution in [0.5, 0.6) is 0 Å². The van der Waals surface area contributed by atoms with Crippen LogP contribution in [0.3, 0.4) is 0 Å². The number of rotatable bonds is 5. The number of sulfonamides is 1. The third-order valence-corrected chi connectivity index (χ3v) is 8.05. The van der Waals surface area contributed by atoms with Gasteiger partial charge in [-0.2, -0.15) is 0 Å². The van der Waals surface area contributed by atoms with E-state index in [0.717, 1.165) is 38.4 Å². The van der Waals surface area contributed by atoms with Gasteiger partial charge in [0.1, 0.15) is 20.6 Å². The number of aryl methyl sites for hydroxylation is 2. The Morgan fingerprint density at radius 1 is 1.22 bits per heavy atom. The standard InChI is InChI=1S/C21H22ClFN4O3S2/c1-13-19(21(28)27-8-4-3-5-9-27)31-20(24-13)18-11-15(12-26(18)2)32(29,30)25-17-7-6-14(22)10-16(17)23/h6-7,10-12,25H,3-5,8-9H2,1-2H3. The highest BCUT2D eigenvalue weighted by molar-refractivity contribution is 7.92. The number of piperidine rings is 1. The lowest BCUT2D eigenvalue weighted by molar-refractivity contribution is 0.0728. The van der Waals surface area contributed by atoms with Crippen LogP contribution in [-0.2, 0) is 17.1 Å². The van der Waals surface area contributed by atoms with Gasteiger partial charge in [0.2, 0.25) is 0 Å². The van der Waals surface area contributed by atoms with Gasteiger partial charge in [0, 0.05) is 31.4 Å². The number of halogens is 2. The van der Waals surface area contributed by atoms with E-state index in [1.807, 2.05) is 4.90 Å². The van der Waals surface area contributed by atoms with E-state index in [9.17, 15) is 17.6 Å². The van der Waals surface area contributed by atoms with Crippen LogP contribution in [-0.4, -0.2) is 41.9 Å². The van der Waals surface area contributed by atoms with E-state index in [0.29, 0.717) is 21.3 Å². The summed E-state index contributed by atoms with van der Waals surface area (Å²) in [6.07, 6.45) is 4.55. The molecule has 1 aromatic carbocycles. The fourth-order valence-electron chi connectivity index (χ4n) is 3.61. The van der Waals surface area contributed by atoms with E-state index in [1.165, 1.54) is 35.7 Å². The average Bonchev–Trinajstić information content (AvgIpc) is 3.33. The van der Waals surface area contributed by atoms with Crippen LogP contribution in [0.2, 0.25) is 5.02 Å². The summed E-state index contributed by atoms with van der Waals surface area (Å²) in [6, 6.07) is 5.17. The molecule has 3 aromatic rings. The molecule has 1 fully saturated rings. The number of anilines is 1. The van der Waals surface area contributed by atoms with Crippen LogP contribution < -0.4 is 4.72 Å². The van der Waals surface area contributed by atoms with Gasteiger partial charge in [-0.15, -0.1) is 11.3 Å². The first-order valence-corrected chi connectivity index (χ1v) is 12.7. The van der Waals surface area contributed by atoms with Crippen LogP contribution in [0, 0.1) is 12.7 Å². The molecule has 0 unspecified atom stereocenters. The zero-order valence-electron chi connectivity index (χ0n) is 17.6. The van der Waals surface area contributed by atoms with Crippen molar-refractivity contribution in [3.05, 3.63) is 51.9 Å². The van der Waals surface area contributed by atoms with Gasteiger partial charge in [-0.05, 0) is 50.5 Å². The van der Waals surface area contributed by atoms with Gasteiger partial charge in [-0.3, -0.25) is 9.52 Å². The minimum absolute atomic E-state index is 0.0344. The Labute approximate surface area is 194 Å². The zero-order chi connectivity index (χ0) is 23.0. The van der Waals surface area contributed by atoms with E-state index in [-0.39, 0.29) is 21.5 Å². The van der Waals surface area contributed by atoms with E-state index >= 15 is 0 Å². The van der Waals surface area contributed by atoms with Crippen LogP contribution in [0.25, 0.3) is 10.7 Å². The van der Waals surface area contributed by atoms with Gasteiger partial charge >= 0.3 is 0 Å². The molecule has 1 saturated heterocycles. The molecule has 32 heavy (non-hydrogen) atoms. The fraction of sp³-hybridized carbons (Fsp3) is 0.333. The highest BCUT2D eigenvalue weighted by Crippen LogP contribution is 2.32. The van der Waals surface area contributed by atoms with Gasteiger partial charge in [0.05, 0.1) is 17.1 Å². The first-order valence-electron chi connectivity index (χ1n) is 10.1. The third kappa shape index (κ3) is 4.53. The molecular weight excluding hydrogens is 475 g/mol. The summed E-state index contributed by atoms with van der Waals surface area (Å²) < 4.78 is 43.6. The summed E-state index contributed by atoms with van der Waals surface area (Å²) in [7, 11) is -2.35. The Bertz CT molecular complexity index is 1280. The highest BCUT2D eigenvalue weighted by atomic mass is 35.5. The second-order valence-corrected chi connectivity index (χ2v) is 10.8. The Morgan fingerprint density at radius 3 is 2.62 bits per heavy atom. The maximum atomic E-state index is 14.1. The van der Waals surface area contributed by atoms with E-state index in [2.05, 4.69) is 9.71 Å². The average molecular weight is 497 g/mol. The zero-order valence-corrected chi connectivity index (χ0v) is 20.0. The number of hydrogen-bond donors (Lipinski definition) is 1. The predicted octanol–water partition coefficient (Wildman–Crippen LogP) is 4.68. The molecule has 0 bridgehead atoms. The number of nitrogens with zero attached hydrogens (tertiary/aromatic N) is 3. The molecule has 1 aliphatic rings.